The van der Waals surface area contributed by atoms with E-state index in [0.29, 0.717) is 5.71 Å². The van der Waals surface area contributed by atoms with Gasteiger partial charge in [0.2, 0.25) is 0 Å². The van der Waals surface area contributed by atoms with E-state index in [1.165, 1.54) is 6.21 Å². The number of hydrazone groups is 2. The molecule has 1 aliphatic heterocycles. The van der Waals surface area contributed by atoms with E-state index in [1.54, 1.807) is 0 Å². The lowest BCUT2D eigenvalue weighted by atomic mass is 10.1. The summed E-state index contributed by atoms with van der Waals surface area (Å²) in [5.41, 5.74) is 7.77. The summed E-state index contributed by atoms with van der Waals surface area (Å²) in [6, 6.07) is 18.8. The Labute approximate surface area is 145 Å². The number of rotatable bonds is 6. The third-order valence-electron chi connectivity index (χ3n) is 3.69. The van der Waals surface area contributed by atoms with E-state index in [2.05, 4.69) is 21.1 Å². The van der Waals surface area contributed by atoms with Crippen LogP contribution in [-0.4, -0.2) is 47.1 Å². The molecule has 25 heavy (non-hydrogen) atoms. The quantitative estimate of drug-likeness (QED) is 0.474. The highest BCUT2D eigenvalue weighted by Crippen LogP contribution is 2.16. The highest BCUT2D eigenvalue weighted by atomic mass is 16.5. The van der Waals surface area contributed by atoms with Crippen LogP contribution in [0.1, 0.15) is 0 Å². The third-order valence-corrected chi connectivity index (χ3v) is 3.69. The molecule has 1 aliphatic rings. The van der Waals surface area contributed by atoms with Crippen LogP contribution in [0.5, 0.6) is 0 Å². The normalized spacial score (nSPS) is 23.8. The molecule has 3 rings (SSSR count). The highest BCUT2D eigenvalue weighted by Gasteiger charge is 2.37. The number of hydrogen-bond acceptors (Lipinski definition) is 7. The van der Waals surface area contributed by atoms with Crippen LogP contribution >= 0.6 is 0 Å². The SMILES string of the molecule is O[C@@H]1[C@H](O)CO[C@@H]1C(/C=N\Nc1ccccc1)=N\Nc1ccccc1. The second-order valence-electron chi connectivity index (χ2n) is 5.56. The highest BCUT2D eigenvalue weighted by molar-refractivity contribution is 6.33. The molecular weight excluding hydrogens is 320 g/mol. The summed E-state index contributed by atoms with van der Waals surface area (Å²) in [4.78, 5) is 0. The predicted molar refractivity (Wildman–Crippen MR) is 97.8 cm³/mol. The van der Waals surface area contributed by atoms with Crippen molar-refractivity contribution < 1.29 is 14.9 Å². The zero-order chi connectivity index (χ0) is 17.5. The van der Waals surface area contributed by atoms with Crippen molar-refractivity contribution in [3.8, 4) is 0 Å². The maximum absolute atomic E-state index is 10.1. The van der Waals surface area contributed by atoms with Gasteiger partial charge in [-0.2, -0.15) is 10.2 Å². The van der Waals surface area contributed by atoms with Gasteiger partial charge in [-0.3, -0.25) is 10.9 Å². The number of hydrogen-bond donors (Lipinski definition) is 4. The van der Waals surface area contributed by atoms with Crippen LogP contribution in [0.15, 0.2) is 70.9 Å². The first-order chi connectivity index (χ1) is 12.2. The standard InChI is InChI=1S/C18H20N4O3/c23-16-12-25-18(17(16)24)15(22-21-14-9-5-2-6-10-14)11-19-20-13-7-3-1-4-8-13/h1-11,16-18,20-21,23-24H,12H2/b19-11-,22-15-/t16-,17-,18-/m1/s1. The van der Waals surface area contributed by atoms with Crippen LogP contribution in [0, 0.1) is 0 Å². The average Bonchev–Trinajstić information content (AvgIpc) is 2.99. The van der Waals surface area contributed by atoms with Crippen LogP contribution in [0.3, 0.4) is 0 Å². The summed E-state index contributed by atoms with van der Waals surface area (Å²) in [5.74, 6) is 0. The van der Waals surface area contributed by atoms with E-state index in [4.69, 9.17) is 4.74 Å². The molecule has 2 aromatic rings. The van der Waals surface area contributed by atoms with Gasteiger partial charge in [0.15, 0.2) is 0 Å². The number of ether oxygens (including phenoxy) is 1. The number of nitrogens with one attached hydrogen (secondary N) is 2. The molecular formula is C18H20N4O3. The first kappa shape index (κ1) is 17.1. The lowest BCUT2D eigenvalue weighted by Gasteiger charge is -2.15. The molecule has 130 valence electrons. The van der Waals surface area contributed by atoms with Gasteiger partial charge in [0.1, 0.15) is 24.0 Å². The van der Waals surface area contributed by atoms with Crippen LogP contribution in [0.4, 0.5) is 11.4 Å². The summed E-state index contributed by atoms with van der Waals surface area (Å²) in [6.07, 6.45) is -1.29. The first-order valence-corrected chi connectivity index (χ1v) is 7.94. The molecule has 0 spiro atoms. The summed E-state index contributed by atoms with van der Waals surface area (Å²) in [6.45, 7) is 0.0517. The molecule has 0 saturated carbocycles. The van der Waals surface area contributed by atoms with E-state index in [0.717, 1.165) is 11.4 Å². The minimum Gasteiger partial charge on any atom is -0.388 e. The summed E-state index contributed by atoms with van der Waals surface area (Å²) in [5, 5.41) is 28.2. The van der Waals surface area contributed by atoms with Gasteiger partial charge in [-0.05, 0) is 24.3 Å². The molecule has 4 N–H and O–H groups in total. The fraction of sp³-hybridized carbons (Fsp3) is 0.222. The average molecular weight is 340 g/mol. The molecule has 1 heterocycles. The first-order valence-electron chi connectivity index (χ1n) is 7.94. The Balaban J connectivity index is 1.74. The molecule has 7 nitrogen and oxygen atoms in total. The number of nitrogens with zero attached hydrogens (tertiary/aromatic N) is 2. The fourth-order valence-electron chi connectivity index (χ4n) is 2.35. The van der Waals surface area contributed by atoms with Crippen molar-refractivity contribution in [2.45, 2.75) is 18.3 Å². The Bertz CT molecular complexity index is 722. The van der Waals surface area contributed by atoms with Crippen LogP contribution in [0.25, 0.3) is 0 Å². The van der Waals surface area contributed by atoms with E-state index >= 15 is 0 Å². The van der Waals surface area contributed by atoms with Crippen molar-refractivity contribution in [2.75, 3.05) is 17.5 Å². The molecule has 0 bridgehead atoms. The van der Waals surface area contributed by atoms with Gasteiger partial charge in [-0.1, -0.05) is 36.4 Å². The fourth-order valence-corrected chi connectivity index (χ4v) is 2.35. The van der Waals surface area contributed by atoms with E-state index < -0.39 is 18.3 Å². The third kappa shape index (κ3) is 4.63. The van der Waals surface area contributed by atoms with Gasteiger partial charge in [0, 0.05) is 0 Å². The van der Waals surface area contributed by atoms with Gasteiger partial charge < -0.3 is 14.9 Å². The molecule has 0 radical (unpaired) electrons. The Morgan fingerprint density at radius 3 is 2.12 bits per heavy atom. The molecule has 0 aliphatic carbocycles. The molecule has 0 amide bonds. The van der Waals surface area contributed by atoms with E-state index in [-0.39, 0.29) is 6.61 Å². The van der Waals surface area contributed by atoms with Gasteiger partial charge in [0.05, 0.1) is 24.2 Å². The van der Waals surface area contributed by atoms with Crippen molar-refractivity contribution in [3.05, 3.63) is 60.7 Å². The topological polar surface area (TPSA) is 98.5 Å². The van der Waals surface area contributed by atoms with Gasteiger partial charge in [-0.15, -0.1) is 0 Å². The van der Waals surface area contributed by atoms with Crippen LogP contribution in [-0.2, 0) is 4.74 Å². The number of aliphatic hydroxyl groups is 2. The van der Waals surface area contributed by atoms with E-state index in [9.17, 15) is 10.2 Å². The minimum atomic E-state index is -1.06. The second-order valence-corrected chi connectivity index (χ2v) is 5.56. The van der Waals surface area contributed by atoms with Crippen molar-refractivity contribution in [2.24, 2.45) is 10.2 Å². The van der Waals surface area contributed by atoms with Crippen molar-refractivity contribution >= 4 is 23.3 Å². The summed E-state index contributed by atoms with van der Waals surface area (Å²) >= 11 is 0. The predicted octanol–water partition coefficient (Wildman–Crippen LogP) is 1.67. The lowest BCUT2D eigenvalue weighted by molar-refractivity contribution is 0.0476. The number of benzene rings is 2. The Morgan fingerprint density at radius 2 is 1.56 bits per heavy atom. The van der Waals surface area contributed by atoms with Gasteiger partial charge in [-0.25, -0.2) is 0 Å². The molecule has 1 fully saturated rings. The zero-order valence-corrected chi connectivity index (χ0v) is 13.5. The Kier molecular flexibility index (Phi) is 5.73. The van der Waals surface area contributed by atoms with Crippen molar-refractivity contribution in [3.63, 3.8) is 0 Å². The number of anilines is 2. The maximum atomic E-state index is 10.1. The van der Waals surface area contributed by atoms with Gasteiger partial charge in [0.25, 0.3) is 0 Å². The molecule has 1 saturated heterocycles. The van der Waals surface area contributed by atoms with Crippen molar-refractivity contribution in [1.82, 2.24) is 0 Å². The van der Waals surface area contributed by atoms with Gasteiger partial charge >= 0.3 is 0 Å². The lowest BCUT2D eigenvalue weighted by Crippen LogP contribution is -2.37. The molecule has 0 aromatic heterocycles. The number of aliphatic hydroxyl groups excluding tert-OH is 2. The summed E-state index contributed by atoms with van der Waals surface area (Å²) < 4.78 is 5.44. The number of para-hydroxylation sites is 2. The Hall–Kier alpha value is -2.74. The van der Waals surface area contributed by atoms with Crippen molar-refractivity contribution in [1.29, 1.82) is 0 Å². The monoisotopic (exact) mass is 340 g/mol. The second kappa shape index (κ2) is 8.39. The summed E-state index contributed by atoms with van der Waals surface area (Å²) in [7, 11) is 0. The zero-order valence-electron chi connectivity index (χ0n) is 13.5. The van der Waals surface area contributed by atoms with Crippen LogP contribution in [0.2, 0.25) is 0 Å². The van der Waals surface area contributed by atoms with E-state index in [1.807, 2.05) is 60.7 Å². The van der Waals surface area contributed by atoms with Crippen LogP contribution < -0.4 is 10.9 Å². The molecule has 2 aromatic carbocycles. The maximum Gasteiger partial charge on any atom is 0.131 e. The molecule has 7 heteroatoms. The molecule has 0 unspecified atom stereocenters. The largest absolute Gasteiger partial charge is 0.388 e. The minimum absolute atomic E-state index is 0.0517. The molecule has 3 atom stereocenters. The smallest absolute Gasteiger partial charge is 0.131 e. The Morgan fingerprint density at radius 1 is 0.960 bits per heavy atom.